The minimum atomic E-state index is -0.0591. The Bertz CT molecular complexity index is 216. The minimum absolute atomic E-state index is 0.0591. The molecule has 0 bridgehead atoms. The van der Waals surface area contributed by atoms with Crippen molar-refractivity contribution >= 4 is 0 Å². The van der Waals surface area contributed by atoms with Crippen molar-refractivity contribution < 1.29 is 9.47 Å². The van der Waals surface area contributed by atoms with Crippen LogP contribution in [-0.4, -0.2) is 31.5 Å². The van der Waals surface area contributed by atoms with E-state index >= 15 is 0 Å². The Morgan fingerprint density at radius 2 is 2.17 bits per heavy atom. The summed E-state index contributed by atoms with van der Waals surface area (Å²) in [6.45, 7) is 5.16. The molecule has 0 saturated carbocycles. The van der Waals surface area contributed by atoms with Gasteiger partial charge in [0.05, 0.1) is 11.7 Å². The highest BCUT2D eigenvalue weighted by atomic mass is 16.5. The second kappa shape index (κ2) is 8.10. The maximum atomic E-state index is 5.75. The molecule has 0 aromatic heterocycles. The van der Waals surface area contributed by atoms with Gasteiger partial charge >= 0.3 is 0 Å². The predicted octanol–water partition coefficient (Wildman–Crippen LogP) is 2.37. The summed E-state index contributed by atoms with van der Waals surface area (Å²) in [5.41, 5.74) is 2.87. The van der Waals surface area contributed by atoms with E-state index in [1.54, 1.807) is 7.11 Å². The highest BCUT2D eigenvalue weighted by Gasteiger charge is 2.20. The van der Waals surface area contributed by atoms with Gasteiger partial charge in [-0.2, -0.15) is 0 Å². The average Bonchev–Trinajstić information content (AvgIpc) is 2.40. The lowest BCUT2D eigenvalue weighted by molar-refractivity contribution is 0.00348. The molecule has 0 aliphatic carbocycles. The predicted molar refractivity (Wildman–Crippen MR) is 74.3 cm³/mol. The van der Waals surface area contributed by atoms with Crippen LogP contribution in [0.5, 0.6) is 0 Å². The molecule has 0 spiro atoms. The van der Waals surface area contributed by atoms with Crippen molar-refractivity contribution in [2.45, 2.75) is 76.5 Å². The smallest absolute Gasteiger partial charge is 0.0623 e. The van der Waals surface area contributed by atoms with Gasteiger partial charge < -0.3 is 9.47 Å². The van der Waals surface area contributed by atoms with Gasteiger partial charge in [0.1, 0.15) is 0 Å². The van der Waals surface area contributed by atoms with Crippen LogP contribution in [0.4, 0.5) is 0 Å². The maximum absolute atomic E-state index is 5.75. The van der Waals surface area contributed by atoms with E-state index in [9.17, 15) is 0 Å². The average molecular weight is 258 g/mol. The van der Waals surface area contributed by atoms with Gasteiger partial charge in [0.25, 0.3) is 0 Å². The van der Waals surface area contributed by atoms with Crippen molar-refractivity contribution in [2.24, 2.45) is 5.84 Å². The van der Waals surface area contributed by atoms with E-state index in [1.807, 2.05) is 0 Å². The molecular weight excluding hydrogens is 228 g/mol. The minimum Gasteiger partial charge on any atom is -0.379 e. The van der Waals surface area contributed by atoms with Crippen molar-refractivity contribution in [2.75, 3.05) is 13.7 Å². The zero-order chi connectivity index (χ0) is 13.4. The lowest BCUT2D eigenvalue weighted by Gasteiger charge is -2.27. The fourth-order valence-electron chi connectivity index (χ4n) is 2.36. The van der Waals surface area contributed by atoms with Crippen LogP contribution in [0, 0.1) is 0 Å². The van der Waals surface area contributed by atoms with Gasteiger partial charge in [-0.3, -0.25) is 11.3 Å². The Morgan fingerprint density at radius 1 is 1.39 bits per heavy atom. The molecule has 1 aliphatic rings. The summed E-state index contributed by atoms with van der Waals surface area (Å²) in [5.74, 6) is 5.63. The van der Waals surface area contributed by atoms with Crippen LogP contribution in [0.25, 0.3) is 0 Å². The highest BCUT2D eigenvalue weighted by molar-refractivity contribution is 4.75. The van der Waals surface area contributed by atoms with Gasteiger partial charge in [0.15, 0.2) is 0 Å². The Balaban J connectivity index is 2.20. The molecule has 1 aliphatic heterocycles. The van der Waals surface area contributed by atoms with Gasteiger partial charge in [0, 0.05) is 19.8 Å². The van der Waals surface area contributed by atoms with Crippen molar-refractivity contribution in [3.63, 3.8) is 0 Å². The quantitative estimate of drug-likeness (QED) is 0.518. The number of methoxy groups -OCH3 is 1. The summed E-state index contributed by atoms with van der Waals surface area (Å²) in [6, 6.07) is 0.366. The van der Waals surface area contributed by atoms with Crippen LogP contribution < -0.4 is 11.3 Å². The van der Waals surface area contributed by atoms with E-state index in [1.165, 1.54) is 19.3 Å². The number of hydrogen-bond acceptors (Lipinski definition) is 4. The molecule has 0 aromatic rings. The molecule has 2 unspecified atom stereocenters. The molecular formula is C14H30N2O2. The second-order valence-electron chi connectivity index (χ2n) is 5.93. The van der Waals surface area contributed by atoms with Gasteiger partial charge in [-0.15, -0.1) is 0 Å². The molecule has 1 rings (SSSR count). The van der Waals surface area contributed by atoms with E-state index in [0.717, 1.165) is 32.3 Å². The Hall–Kier alpha value is -0.160. The first-order valence-electron chi connectivity index (χ1n) is 7.20. The summed E-state index contributed by atoms with van der Waals surface area (Å²) in [5, 5.41) is 0. The number of hydrazine groups is 1. The molecule has 1 fully saturated rings. The van der Waals surface area contributed by atoms with Crippen LogP contribution in [0.1, 0.15) is 58.8 Å². The molecule has 4 heteroatoms. The largest absolute Gasteiger partial charge is 0.379 e. The van der Waals surface area contributed by atoms with Gasteiger partial charge in [-0.25, -0.2) is 0 Å². The van der Waals surface area contributed by atoms with E-state index in [2.05, 4.69) is 19.3 Å². The summed E-state index contributed by atoms with van der Waals surface area (Å²) in [7, 11) is 1.76. The SMILES string of the molecule is COC(C)(C)CCC(CCC1CCCCO1)NN. The van der Waals surface area contributed by atoms with Crippen molar-refractivity contribution in [1.82, 2.24) is 5.43 Å². The monoisotopic (exact) mass is 258 g/mol. The molecule has 18 heavy (non-hydrogen) atoms. The van der Waals surface area contributed by atoms with Crippen LogP contribution in [0.3, 0.4) is 0 Å². The van der Waals surface area contributed by atoms with E-state index in [4.69, 9.17) is 15.3 Å². The first kappa shape index (κ1) is 15.9. The standard InChI is InChI=1S/C14H30N2O2/c1-14(2,17-3)10-9-12(16-15)7-8-13-6-4-5-11-18-13/h12-13,16H,4-11,15H2,1-3H3. The lowest BCUT2D eigenvalue weighted by Crippen LogP contribution is -2.38. The third-order valence-corrected chi connectivity index (χ3v) is 3.99. The summed E-state index contributed by atoms with van der Waals surface area (Å²) in [4.78, 5) is 0. The number of nitrogens with one attached hydrogen (secondary N) is 1. The molecule has 0 radical (unpaired) electrons. The van der Waals surface area contributed by atoms with E-state index in [-0.39, 0.29) is 5.60 Å². The van der Waals surface area contributed by atoms with Gasteiger partial charge in [0.2, 0.25) is 0 Å². The molecule has 1 saturated heterocycles. The summed E-state index contributed by atoms with van der Waals surface area (Å²) in [6.07, 6.45) is 8.45. The van der Waals surface area contributed by atoms with Crippen molar-refractivity contribution in [1.29, 1.82) is 0 Å². The first-order chi connectivity index (χ1) is 8.57. The molecule has 0 amide bonds. The fourth-order valence-corrected chi connectivity index (χ4v) is 2.36. The lowest BCUT2D eigenvalue weighted by atomic mass is 9.95. The maximum Gasteiger partial charge on any atom is 0.0623 e. The number of hydrogen-bond donors (Lipinski definition) is 2. The van der Waals surface area contributed by atoms with Crippen molar-refractivity contribution in [3.05, 3.63) is 0 Å². The van der Waals surface area contributed by atoms with Gasteiger partial charge in [-0.05, 0) is 58.8 Å². The zero-order valence-electron chi connectivity index (χ0n) is 12.2. The Kier molecular flexibility index (Phi) is 7.15. The second-order valence-corrected chi connectivity index (χ2v) is 5.93. The summed E-state index contributed by atoms with van der Waals surface area (Å²) >= 11 is 0. The van der Waals surface area contributed by atoms with Crippen LogP contribution >= 0.6 is 0 Å². The highest BCUT2D eigenvalue weighted by Crippen LogP contribution is 2.21. The molecule has 2 atom stereocenters. The molecule has 108 valence electrons. The number of ether oxygens (including phenoxy) is 2. The van der Waals surface area contributed by atoms with Crippen LogP contribution in [-0.2, 0) is 9.47 Å². The topological polar surface area (TPSA) is 56.5 Å². The third kappa shape index (κ3) is 6.14. The number of nitrogens with two attached hydrogens (primary N) is 1. The molecule has 3 N–H and O–H groups in total. The summed E-state index contributed by atoms with van der Waals surface area (Å²) < 4.78 is 11.2. The third-order valence-electron chi connectivity index (χ3n) is 3.99. The zero-order valence-corrected chi connectivity index (χ0v) is 12.2. The molecule has 0 aromatic carbocycles. The van der Waals surface area contributed by atoms with E-state index in [0.29, 0.717) is 12.1 Å². The van der Waals surface area contributed by atoms with Crippen LogP contribution in [0.15, 0.2) is 0 Å². The van der Waals surface area contributed by atoms with E-state index < -0.39 is 0 Å². The van der Waals surface area contributed by atoms with Crippen molar-refractivity contribution in [3.8, 4) is 0 Å². The molecule has 4 nitrogen and oxygen atoms in total. The fraction of sp³-hybridized carbons (Fsp3) is 1.00. The van der Waals surface area contributed by atoms with Gasteiger partial charge in [-0.1, -0.05) is 0 Å². The first-order valence-corrected chi connectivity index (χ1v) is 7.20. The van der Waals surface area contributed by atoms with Crippen LogP contribution in [0.2, 0.25) is 0 Å². The number of rotatable bonds is 8. The Labute approximate surface area is 112 Å². The normalized spacial score (nSPS) is 23.0. The molecule has 1 heterocycles. The Morgan fingerprint density at radius 3 is 2.72 bits per heavy atom.